The Kier molecular flexibility index (Phi) is 10.4. The zero-order valence-electron chi connectivity index (χ0n) is 12.8. The van der Waals surface area contributed by atoms with Crippen LogP contribution in [0.4, 0.5) is 0 Å². The van der Waals surface area contributed by atoms with Gasteiger partial charge in [0.1, 0.15) is 6.04 Å². The molecule has 1 unspecified atom stereocenters. The Balaban J connectivity index is 0. The number of Topliss-reactive ketones (excluding diaryl/α,β-unsaturated/α-hetero) is 1. The van der Waals surface area contributed by atoms with Crippen molar-refractivity contribution in [1.29, 1.82) is 0 Å². The van der Waals surface area contributed by atoms with Crippen molar-refractivity contribution < 1.29 is 9.59 Å². The number of hydrogen-bond donors (Lipinski definition) is 1. The third-order valence-corrected chi connectivity index (χ3v) is 2.45. The van der Waals surface area contributed by atoms with Gasteiger partial charge in [0.15, 0.2) is 5.78 Å². The Morgan fingerprint density at radius 1 is 1.06 bits per heavy atom. The van der Waals surface area contributed by atoms with Crippen LogP contribution >= 0.6 is 0 Å². The van der Waals surface area contributed by atoms with Gasteiger partial charge in [-0.25, -0.2) is 0 Å². The summed E-state index contributed by atoms with van der Waals surface area (Å²) in [7, 11) is 0. The van der Waals surface area contributed by atoms with E-state index < -0.39 is 12.1 Å². The first-order valence-electron chi connectivity index (χ1n) is 6.61. The molecular formula is C14H28N2O2. The zero-order valence-corrected chi connectivity index (χ0v) is 12.8. The summed E-state index contributed by atoms with van der Waals surface area (Å²) >= 11 is 0. The lowest BCUT2D eigenvalue weighted by molar-refractivity contribution is -0.130. The van der Waals surface area contributed by atoms with Crippen LogP contribution < -0.4 is 5.32 Å². The van der Waals surface area contributed by atoms with Crippen molar-refractivity contribution in [2.45, 2.75) is 60.5 Å². The normalized spacial score (nSPS) is 13.4. The van der Waals surface area contributed by atoms with Gasteiger partial charge in [-0.3, -0.25) is 14.6 Å². The minimum atomic E-state index is -0.484. The van der Waals surface area contributed by atoms with Crippen molar-refractivity contribution in [3.05, 3.63) is 0 Å². The second-order valence-electron chi connectivity index (χ2n) is 4.66. The molecule has 2 atom stereocenters. The maximum atomic E-state index is 11.8. The largest absolute Gasteiger partial charge is 0.345 e. The third kappa shape index (κ3) is 6.52. The predicted octanol–water partition coefficient (Wildman–Crippen LogP) is 2.47. The molecule has 0 aromatic rings. The Morgan fingerprint density at radius 3 is 1.78 bits per heavy atom. The zero-order chi connectivity index (χ0) is 14.9. The van der Waals surface area contributed by atoms with E-state index in [9.17, 15) is 9.59 Å². The Hall–Kier alpha value is -1.19. The lowest BCUT2D eigenvalue weighted by Crippen LogP contribution is -2.45. The molecule has 1 amide bonds. The third-order valence-electron chi connectivity index (χ3n) is 2.45. The number of ketones is 1. The first kappa shape index (κ1) is 19.2. The van der Waals surface area contributed by atoms with E-state index in [1.807, 2.05) is 41.5 Å². The summed E-state index contributed by atoms with van der Waals surface area (Å²) in [6, 6.07) is -0.946. The van der Waals surface area contributed by atoms with E-state index in [-0.39, 0.29) is 23.5 Å². The maximum absolute atomic E-state index is 11.8. The minimum absolute atomic E-state index is 0.0277. The monoisotopic (exact) mass is 256 g/mol. The van der Waals surface area contributed by atoms with E-state index in [1.54, 1.807) is 6.92 Å². The molecule has 0 saturated heterocycles. The summed E-state index contributed by atoms with van der Waals surface area (Å²) in [6.07, 6.45) is 0. The van der Waals surface area contributed by atoms with Crippen LogP contribution in [0.25, 0.3) is 0 Å². The standard InChI is InChI=1S/C12H22N2O2.C2H6/c1-7(2)10(13-6)12(16)14-9(5)11(15)8(3)4;1-2/h7-10H,6H2,1-5H3,(H,14,16);1-2H3/t9-,10?;/m0./s1. The lowest BCUT2D eigenvalue weighted by atomic mass is 10.0. The quantitative estimate of drug-likeness (QED) is 0.742. The molecule has 0 aromatic carbocycles. The van der Waals surface area contributed by atoms with Crippen LogP contribution in [0.15, 0.2) is 4.99 Å². The summed E-state index contributed by atoms with van der Waals surface area (Å²) in [5, 5.41) is 2.67. The molecule has 0 aliphatic carbocycles. The second kappa shape index (κ2) is 9.80. The molecule has 0 aliphatic rings. The second-order valence-corrected chi connectivity index (χ2v) is 4.66. The van der Waals surface area contributed by atoms with Gasteiger partial charge in [-0.15, -0.1) is 0 Å². The maximum Gasteiger partial charge on any atom is 0.245 e. The molecule has 0 saturated carbocycles. The molecule has 0 aromatic heterocycles. The number of carbonyl (C=O) groups is 2. The smallest absolute Gasteiger partial charge is 0.245 e. The van der Waals surface area contributed by atoms with Crippen molar-refractivity contribution in [2.24, 2.45) is 16.8 Å². The average Bonchev–Trinajstić information content (AvgIpc) is 2.30. The van der Waals surface area contributed by atoms with Gasteiger partial charge in [0.05, 0.1) is 6.04 Å². The van der Waals surface area contributed by atoms with Crippen LogP contribution in [-0.2, 0) is 9.59 Å². The van der Waals surface area contributed by atoms with Gasteiger partial charge in [-0.2, -0.15) is 0 Å². The van der Waals surface area contributed by atoms with Crippen LogP contribution in [0.2, 0.25) is 0 Å². The summed E-state index contributed by atoms with van der Waals surface area (Å²) in [5.41, 5.74) is 0. The Morgan fingerprint density at radius 2 is 1.50 bits per heavy atom. The van der Waals surface area contributed by atoms with Gasteiger partial charge in [0, 0.05) is 5.92 Å². The van der Waals surface area contributed by atoms with E-state index in [2.05, 4.69) is 17.0 Å². The number of nitrogens with zero attached hydrogens (tertiary/aromatic N) is 1. The molecular weight excluding hydrogens is 228 g/mol. The van der Waals surface area contributed by atoms with Gasteiger partial charge >= 0.3 is 0 Å². The highest BCUT2D eigenvalue weighted by molar-refractivity contribution is 5.91. The van der Waals surface area contributed by atoms with Gasteiger partial charge < -0.3 is 5.32 Å². The van der Waals surface area contributed by atoms with E-state index in [1.165, 1.54) is 0 Å². The number of rotatable bonds is 6. The molecule has 0 spiro atoms. The number of nitrogens with one attached hydrogen (secondary N) is 1. The highest BCUT2D eigenvalue weighted by atomic mass is 16.2. The van der Waals surface area contributed by atoms with Crippen LogP contribution in [-0.4, -0.2) is 30.5 Å². The van der Waals surface area contributed by atoms with Crippen molar-refractivity contribution in [2.75, 3.05) is 0 Å². The average molecular weight is 256 g/mol. The molecule has 4 nitrogen and oxygen atoms in total. The molecule has 0 fully saturated rings. The number of amides is 1. The SMILES string of the molecule is C=NC(C(=O)N[C@@H](C)C(=O)C(C)C)C(C)C.CC. The van der Waals surface area contributed by atoms with Crippen LogP contribution in [0.5, 0.6) is 0 Å². The minimum Gasteiger partial charge on any atom is -0.345 e. The highest BCUT2D eigenvalue weighted by Gasteiger charge is 2.24. The molecule has 0 radical (unpaired) electrons. The fraction of sp³-hybridized carbons (Fsp3) is 0.786. The van der Waals surface area contributed by atoms with Crippen molar-refractivity contribution in [1.82, 2.24) is 5.32 Å². The molecule has 0 heterocycles. The molecule has 4 heteroatoms. The first-order valence-corrected chi connectivity index (χ1v) is 6.61. The Bertz CT molecular complexity index is 273. The summed E-state index contributed by atoms with van der Waals surface area (Å²) in [6.45, 7) is 16.5. The Labute approximate surface area is 111 Å². The summed E-state index contributed by atoms with van der Waals surface area (Å²) in [4.78, 5) is 27.1. The van der Waals surface area contributed by atoms with E-state index in [0.717, 1.165) is 0 Å². The number of hydrogen-bond acceptors (Lipinski definition) is 3. The summed E-state index contributed by atoms with van der Waals surface area (Å²) < 4.78 is 0. The first-order chi connectivity index (χ1) is 8.31. The van der Waals surface area contributed by atoms with E-state index in [4.69, 9.17) is 0 Å². The van der Waals surface area contributed by atoms with Crippen LogP contribution in [0, 0.1) is 11.8 Å². The molecule has 0 aliphatic heterocycles. The fourth-order valence-corrected chi connectivity index (χ4v) is 1.47. The van der Waals surface area contributed by atoms with Gasteiger partial charge in [0.25, 0.3) is 0 Å². The summed E-state index contributed by atoms with van der Waals surface area (Å²) in [5.74, 6) is -0.199. The molecule has 1 N–H and O–H groups in total. The topological polar surface area (TPSA) is 58.5 Å². The van der Waals surface area contributed by atoms with Crippen molar-refractivity contribution >= 4 is 18.4 Å². The number of aliphatic imine (C=N–C) groups is 1. The fourth-order valence-electron chi connectivity index (χ4n) is 1.47. The molecule has 0 rings (SSSR count). The molecule has 18 heavy (non-hydrogen) atoms. The van der Waals surface area contributed by atoms with Gasteiger partial charge in [-0.1, -0.05) is 41.5 Å². The van der Waals surface area contributed by atoms with E-state index in [0.29, 0.717) is 0 Å². The highest BCUT2D eigenvalue weighted by Crippen LogP contribution is 2.07. The van der Waals surface area contributed by atoms with Crippen molar-refractivity contribution in [3.63, 3.8) is 0 Å². The number of carbonyl (C=O) groups excluding carboxylic acids is 2. The molecule has 106 valence electrons. The van der Waals surface area contributed by atoms with Crippen LogP contribution in [0.1, 0.15) is 48.5 Å². The van der Waals surface area contributed by atoms with Gasteiger partial charge in [0.2, 0.25) is 5.91 Å². The van der Waals surface area contributed by atoms with Crippen LogP contribution in [0.3, 0.4) is 0 Å². The lowest BCUT2D eigenvalue weighted by Gasteiger charge is -2.20. The predicted molar refractivity (Wildman–Crippen MR) is 77.0 cm³/mol. The van der Waals surface area contributed by atoms with E-state index >= 15 is 0 Å². The van der Waals surface area contributed by atoms with Crippen molar-refractivity contribution in [3.8, 4) is 0 Å². The molecule has 0 bridgehead atoms. The van der Waals surface area contributed by atoms with Gasteiger partial charge in [-0.05, 0) is 19.6 Å².